The Bertz CT molecular complexity index is 1150. The van der Waals surface area contributed by atoms with Gasteiger partial charge in [-0.3, -0.25) is 4.79 Å². The van der Waals surface area contributed by atoms with Crippen molar-refractivity contribution in [2.45, 2.75) is 13.0 Å². The molecule has 26 heavy (non-hydrogen) atoms. The number of halogens is 2. The normalized spacial score (nSPS) is 11.5. The van der Waals surface area contributed by atoms with E-state index < -0.39 is 13.0 Å². The van der Waals surface area contributed by atoms with Crippen LogP contribution in [0.1, 0.15) is 0 Å². The van der Waals surface area contributed by atoms with Gasteiger partial charge in [0.15, 0.2) is 0 Å². The predicted molar refractivity (Wildman–Crippen MR) is 102 cm³/mol. The fourth-order valence-corrected chi connectivity index (χ4v) is 4.20. The molecule has 2 aromatic carbocycles. The Morgan fingerprint density at radius 3 is 2.58 bits per heavy atom. The van der Waals surface area contributed by atoms with Crippen LogP contribution in [0, 0.1) is 0 Å². The molecule has 0 atom stereocenters. The van der Waals surface area contributed by atoms with Crippen LogP contribution in [0.5, 0.6) is 5.75 Å². The number of methoxy groups -OCH3 is 1. The molecule has 0 amide bonds. The molecular weight excluding hydrogens is 356 g/mol. The number of aromatic nitrogens is 1. The molecule has 0 saturated heterocycles. The summed E-state index contributed by atoms with van der Waals surface area (Å²) < 4.78 is 33.5. The molecule has 2 heterocycles. The second-order valence-electron chi connectivity index (χ2n) is 5.87. The molecule has 0 unspecified atom stereocenters. The number of pyridine rings is 1. The minimum absolute atomic E-state index is 0.382. The highest BCUT2D eigenvalue weighted by Gasteiger charge is 2.20. The number of thiophene rings is 1. The summed E-state index contributed by atoms with van der Waals surface area (Å²) in [5.41, 5.74) is 1.81. The van der Waals surface area contributed by atoms with E-state index in [1.807, 2.05) is 41.8 Å². The summed E-state index contributed by atoms with van der Waals surface area (Å²) in [6.45, 7) is -0.635. The van der Waals surface area contributed by atoms with Crippen LogP contribution in [0.25, 0.3) is 32.1 Å². The van der Waals surface area contributed by atoms with Crippen molar-refractivity contribution in [1.82, 2.24) is 4.57 Å². The molecule has 0 aliphatic carbocycles. The lowest BCUT2D eigenvalue weighted by molar-refractivity contribution is 0.127. The van der Waals surface area contributed by atoms with E-state index in [0.29, 0.717) is 16.0 Å². The molecule has 0 N–H and O–H groups in total. The van der Waals surface area contributed by atoms with Crippen molar-refractivity contribution < 1.29 is 13.5 Å². The van der Waals surface area contributed by atoms with Crippen LogP contribution >= 0.6 is 11.3 Å². The summed E-state index contributed by atoms with van der Waals surface area (Å²) in [6, 6.07) is 14.9. The summed E-state index contributed by atoms with van der Waals surface area (Å²) in [7, 11) is 1.58. The Balaban J connectivity index is 2.23. The molecule has 4 rings (SSSR count). The molecule has 3 nitrogen and oxygen atoms in total. The summed E-state index contributed by atoms with van der Waals surface area (Å²) in [5.74, 6) is 0.637. The lowest BCUT2D eigenvalue weighted by Crippen LogP contribution is -2.23. The number of fused-ring (bicyclic) bond motifs is 3. The smallest absolute Gasteiger partial charge is 0.269 e. The molecule has 132 valence electrons. The maximum atomic E-state index is 13.1. The topological polar surface area (TPSA) is 31.2 Å². The van der Waals surface area contributed by atoms with Gasteiger partial charge in [0.1, 0.15) is 10.4 Å². The molecule has 0 aliphatic heterocycles. The van der Waals surface area contributed by atoms with Gasteiger partial charge in [-0.15, -0.1) is 11.3 Å². The number of nitrogens with zero attached hydrogens (tertiary/aromatic N) is 1. The molecule has 0 radical (unpaired) electrons. The number of ether oxygens (including phenoxy) is 1. The van der Waals surface area contributed by atoms with E-state index in [2.05, 4.69) is 0 Å². The Hall–Kier alpha value is -2.73. The Labute approximate surface area is 152 Å². The molecular formula is C20H15F2NO2S. The summed E-state index contributed by atoms with van der Waals surface area (Å²) in [6.07, 6.45) is -2.62. The van der Waals surface area contributed by atoms with Gasteiger partial charge in [-0.05, 0) is 29.1 Å². The number of hydrogen-bond donors (Lipinski definition) is 0. The van der Waals surface area contributed by atoms with Crippen LogP contribution in [0.2, 0.25) is 0 Å². The van der Waals surface area contributed by atoms with Crippen molar-refractivity contribution in [2.75, 3.05) is 7.11 Å². The van der Waals surface area contributed by atoms with Crippen LogP contribution in [0.3, 0.4) is 0 Å². The maximum Gasteiger partial charge on any atom is 0.269 e. The van der Waals surface area contributed by atoms with Gasteiger partial charge in [0.2, 0.25) is 0 Å². The highest BCUT2D eigenvalue weighted by Crippen LogP contribution is 2.40. The first kappa shape index (κ1) is 16.7. The van der Waals surface area contributed by atoms with Gasteiger partial charge in [0.05, 0.1) is 19.2 Å². The molecule has 0 fully saturated rings. The van der Waals surface area contributed by atoms with Crippen molar-refractivity contribution in [3.05, 3.63) is 64.3 Å². The lowest BCUT2D eigenvalue weighted by atomic mass is 9.97. The zero-order chi connectivity index (χ0) is 18.3. The third kappa shape index (κ3) is 2.57. The van der Waals surface area contributed by atoms with E-state index in [1.54, 1.807) is 19.2 Å². The number of rotatable bonds is 4. The first-order chi connectivity index (χ1) is 12.6. The molecule has 0 bridgehead atoms. The molecule has 0 aliphatic rings. The molecule has 0 spiro atoms. The standard InChI is InChI=1S/C20H15F2NO2S/c1-25-15-8-7-14-18(17(15)12-5-3-2-4-6-12)13-9-10-26-19(13)20(24)23(14)11-16(21)22/h2-10,16H,11H2,1H3. The van der Waals surface area contributed by atoms with E-state index in [4.69, 9.17) is 4.74 Å². The zero-order valence-corrected chi connectivity index (χ0v) is 14.7. The number of benzene rings is 2. The quantitative estimate of drug-likeness (QED) is 0.496. The van der Waals surface area contributed by atoms with Crippen LogP contribution in [-0.4, -0.2) is 18.1 Å². The number of hydrogen-bond acceptors (Lipinski definition) is 3. The van der Waals surface area contributed by atoms with Gasteiger partial charge in [0, 0.05) is 16.3 Å². The van der Waals surface area contributed by atoms with Crippen LogP contribution in [-0.2, 0) is 6.54 Å². The van der Waals surface area contributed by atoms with E-state index in [9.17, 15) is 13.6 Å². The SMILES string of the molecule is COc1ccc2c(c1-c1ccccc1)c1ccsc1c(=O)n2CC(F)F. The maximum absolute atomic E-state index is 13.1. The Kier molecular flexibility index (Phi) is 4.20. The highest BCUT2D eigenvalue weighted by atomic mass is 32.1. The van der Waals surface area contributed by atoms with Gasteiger partial charge in [-0.1, -0.05) is 30.3 Å². The van der Waals surface area contributed by atoms with Crippen molar-refractivity contribution in [3.63, 3.8) is 0 Å². The minimum atomic E-state index is -2.62. The third-order valence-electron chi connectivity index (χ3n) is 4.41. The van der Waals surface area contributed by atoms with Crippen molar-refractivity contribution >= 4 is 32.3 Å². The fourth-order valence-electron chi connectivity index (χ4n) is 3.35. The monoisotopic (exact) mass is 371 g/mol. The Morgan fingerprint density at radius 2 is 1.88 bits per heavy atom. The number of alkyl halides is 2. The molecule has 6 heteroatoms. The summed E-state index contributed by atoms with van der Waals surface area (Å²) >= 11 is 1.27. The fraction of sp³-hybridized carbons (Fsp3) is 0.150. The second-order valence-corrected chi connectivity index (χ2v) is 6.79. The van der Waals surface area contributed by atoms with Gasteiger partial charge >= 0.3 is 0 Å². The highest BCUT2D eigenvalue weighted by molar-refractivity contribution is 7.17. The molecule has 4 aromatic rings. The minimum Gasteiger partial charge on any atom is -0.496 e. The first-order valence-corrected chi connectivity index (χ1v) is 8.94. The largest absolute Gasteiger partial charge is 0.496 e. The predicted octanol–water partition coefficient (Wildman–Crippen LogP) is 5.16. The van der Waals surface area contributed by atoms with Crippen molar-refractivity contribution in [3.8, 4) is 16.9 Å². The van der Waals surface area contributed by atoms with Crippen LogP contribution < -0.4 is 10.3 Å². The van der Waals surface area contributed by atoms with E-state index in [1.165, 1.54) is 15.9 Å². The van der Waals surface area contributed by atoms with Gasteiger partial charge in [-0.25, -0.2) is 8.78 Å². The first-order valence-electron chi connectivity index (χ1n) is 8.06. The lowest BCUT2D eigenvalue weighted by Gasteiger charge is -2.17. The van der Waals surface area contributed by atoms with Gasteiger partial charge < -0.3 is 9.30 Å². The summed E-state index contributed by atoms with van der Waals surface area (Å²) in [5, 5.41) is 3.33. The van der Waals surface area contributed by atoms with E-state index >= 15 is 0 Å². The van der Waals surface area contributed by atoms with Gasteiger partial charge in [-0.2, -0.15) is 0 Å². The van der Waals surface area contributed by atoms with Crippen LogP contribution in [0.4, 0.5) is 8.78 Å². The van der Waals surface area contributed by atoms with E-state index in [0.717, 1.165) is 21.9 Å². The second kappa shape index (κ2) is 6.53. The average Bonchev–Trinajstić information content (AvgIpc) is 3.14. The zero-order valence-electron chi connectivity index (χ0n) is 13.9. The summed E-state index contributed by atoms with van der Waals surface area (Å²) in [4.78, 5) is 12.8. The Morgan fingerprint density at radius 1 is 1.12 bits per heavy atom. The third-order valence-corrected chi connectivity index (χ3v) is 5.32. The average molecular weight is 371 g/mol. The van der Waals surface area contributed by atoms with Crippen LogP contribution in [0.15, 0.2) is 58.7 Å². The van der Waals surface area contributed by atoms with Crippen molar-refractivity contribution in [2.24, 2.45) is 0 Å². The van der Waals surface area contributed by atoms with Crippen molar-refractivity contribution in [1.29, 1.82) is 0 Å². The molecule has 0 saturated carbocycles. The van der Waals surface area contributed by atoms with Gasteiger partial charge in [0.25, 0.3) is 12.0 Å². The molecule has 2 aromatic heterocycles. The van der Waals surface area contributed by atoms with E-state index in [-0.39, 0.29) is 5.56 Å².